The van der Waals surface area contributed by atoms with Crippen LogP contribution >= 0.6 is 15.9 Å². The summed E-state index contributed by atoms with van der Waals surface area (Å²) in [5.74, 6) is 0.0427. The molecule has 0 amide bonds. The molecule has 0 bridgehead atoms. The Labute approximate surface area is 141 Å². The van der Waals surface area contributed by atoms with Crippen molar-refractivity contribution in [1.82, 2.24) is 9.88 Å². The lowest BCUT2D eigenvalue weighted by molar-refractivity contribution is -0.137. The molecule has 23 heavy (non-hydrogen) atoms. The maximum absolute atomic E-state index is 13.2. The molecule has 0 aromatic carbocycles. The summed E-state index contributed by atoms with van der Waals surface area (Å²) in [6.45, 7) is 4.50. The predicted molar refractivity (Wildman–Crippen MR) is 84.6 cm³/mol. The molecule has 2 saturated heterocycles. The van der Waals surface area contributed by atoms with E-state index in [1.807, 2.05) is 0 Å². The number of hydrogen-bond donors (Lipinski definition) is 0. The second-order valence-corrected chi connectivity index (χ2v) is 6.80. The Morgan fingerprint density at radius 1 is 1.13 bits per heavy atom. The monoisotopic (exact) mass is 393 g/mol. The molecular formula is C15H19BrF3N3O. The van der Waals surface area contributed by atoms with Crippen LogP contribution in [0.25, 0.3) is 0 Å². The van der Waals surface area contributed by atoms with Crippen LogP contribution < -0.4 is 4.90 Å². The normalized spacial score (nSPS) is 21.7. The molecule has 0 radical (unpaired) electrons. The van der Waals surface area contributed by atoms with Gasteiger partial charge in [0.1, 0.15) is 5.82 Å². The molecule has 0 aliphatic carbocycles. The van der Waals surface area contributed by atoms with Crippen molar-refractivity contribution in [1.29, 1.82) is 0 Å². The third kappa shape index (κ3) is 3.97. The molecule has 1 aromatic heterocycles. The van der Waals surface area contributed by atoms with Gasteiger partial charge in [-0.1, -0.05) is 0 Å². The maximum Gasteiger partial charge on any atom is 0.419 e. The summed E-state index contributed by atoms with van der Waals surface area (Å²) in [6.07, 6.45) is -1.25. The summed E-state index contributed by atoms with van der Waals surface area (Å²) in [5.41, 5.74) is -0.670. The van der Waals surface area contributed by atoms with E-state index >= 15 is 0 Å². The number of pyridine rings is 1. The van der Waals surface area contributed by atoms with Gasteiger partial charge >= 0.3 is 6.18 Å². The lowest BCUT2D eigenvalue weighted by atomic mass is 10.0. The second-order valence-electron chi connectivity index (χ2n) is 5.89. The molecule has 4 nitrogen and oxygen atoms in total. The zero-order chi connectivity index (χ0) is 16.4. The van der Waals surface area contributed by atoms with E-state index < -0.39 is 11.7 Å². The summed E-state index contributed by atoms with van der Waals surface area (Å²) >= 11 is 3.07. The highest BCUT2D eigenvalue weighted by atomic mass is 79.9. The van der Waals surface area contributed by atoms with Crippen LogP contribution in [0.3, 0.4) is 0 Å². The molecule has 0 unspecified atom stereocenters. The van der Waals surface area contributed by atoms with Crippen LogP contribution in [0.2, 0.25) is 0 Å². The summed E-state index contributed by atoms with van der Waals surface area (Å²) in [6, 6.07) is 1.54. The van der Waals surface area contributed by atoms with Crippen LogP contribution in [0, 0.1) is 0 Å². The number of rotatable bonds is 2. The van der Waals surface area contributed by atoms with Crippen LogP contribution in [-0.4, -0.2) is 55.3 Å². The highest BCUT2D eigenvalue weighted by molar-refractivity contribution is 9.10. The number of aromatic nitrogens is 1. The first-order valence-electron chi connectivity index (χ1n) is 7.74. The summed E-state index contributed by atoms with van der Waals surface area (Å²) in [7, 11) is 0. The molecule has 0 atom stereocenters. The van der Waals surface area contributed by atoms with Gasteiger partial charge in [-0.3, -0.25) is 4.90 Å². The smallest absolute Gasteiger partial charge is 0.379 e. The molecular weight excluding hydrogens is 375 g/mol. The molecule has 2 fully saturated rings. The van der Waals surface area contributed by atoms with Crippen LogP contribution in [-0.2, 0) is 10.9 Å². The molecule has 8 heteroatoms. The second kappa shape index (κ2) is 6.94. The molecule has 1 aromatic rings. The van der Waals surface area contributed by atoms with Gasteiger partial charge in [-0.05, 0) is 34.8 Å². The van der Waals surface area contributed by atoms with E-state index in [9.17, 15) is 13.2 Å². The van der Waals surface area contributed by atoms with Gasteiger partial charge in [0, 0.05) is 42.9 Å². The SMILES string of the molecule is FC(F)(F)c1cc(Br)cnc1N1CCC(N2CCOCC2)CC1. The Morgan fingerprint density at radius 2 is 1.78 bits per heavy atom. The molecule has 0 spiro atoms. The average molecular weight is 394 g/mol. The number of nitrogens with zero attached hydrogens (tertiary/aromatic N) is 3. The van der Waals surface area contributed by atoms with E-state index in [1.54, 1.807) is 4.90 Å². The van der Waals surface area contributed by atoms with Crippen LogP contribution in [0.4, 0.5) is 19.0 Å². The van der Waals surface area contributed by atoms with Gasteiger partial charge < -0.3 is 9.64 Å². The Balaban J connectivity index is 1.70. The predicted octanol–water partition coefficient (Wildman–Crippen LogP) is 3.16. The number of ether oxygens (including phenoxy) is 1. The number of alkyl halides is 3. The van der Waals surface area contributed by atoms with E-state index in [0.29, 0.717) is 23.6 Å². The van der Waals surface area contributed by atoms with Crippen molar-refractivity contribution < 1.29 is 17.9 Å². The van der Waals surface area contributed by atoms with E-state index in [0.717, 1.165) is 45.2 Å². The van der Waals surface area contributed by atoms with Crippen LogP contribution in [0.5, 0.6) is 0 Å². The standard InChI is InChI=1S/C15H19BrF3N3O/c16-11-9-13(15(17,18)19)14(20-10-11)22-3-1-12(2-4-22)21-5-7-23-8-6-21/h9-10,12H,1-8H2. The Morgan fingerprint density at radius 3 is 2.39 bits per heavy atom. The van der Waals surface area contributed by atoms with E-state index in [-0.39, 0.29) is 5.82 Å². The first-order chi connectivity index (χ1) is 10.9. The molecule has 2 aliphatic rings. The van der Waals surface area contributed by atoms with Crippen molar-refractivity contribution in [3.05, 3.63) is 22.3 Å². The Bertz CT molecular complexity index is 541. The van der Waals surface area contributed by atoms with Crippen molar-refractivity contribution in [2.24, 2.45) is 0 Å². The first-order valence-corrected chi connectivity index (χ1v) is 8.54. The number of piperidine rings is 1. The molecule has 0 saturated carbocycles. The van der Waals surface area contributed by atoms with E-state index in [2.05, 4.69) is 25.8 Å². The van der Waals surface area contributed by atoms with E-state index in [1.165, 1.54) is 6.20 Å². The quantitative estimate of drug-likeness (QED) is 0.771. The fourth-order valence-electron chi connectivity index (χ4n) is 3.28. The zero-order valence-electron chi connectivity index (χ0n) is 12.7. The maximum atomic E-state index is 13.2. The number of morpholine rings is 1. The zero-order valence-corrected chi connectivity index (χ0v) is 14.2. The van der Waals surface area contributed by atoms with Gasteiger partial charge in [0.05, 0.1) is 18.8 Å². The average Bonchev–Trinajstić information content (AvgIpc) is 2.55. The molecule has 3 rings (SSSR count). The number of halogens is 4. The van der Waals surface area contributed by atoms with Gasteiger partial charge in [-0.25, -0.2) is 4.98 Å². The molecule has 2 aliphatic heterocycles. The Kier molecular flexibility index (Phi) is 5.13. The third-order valence-corrected chi connectivity index (χ3v) is 4.90. The highest BCUT2D eigenvalue weighted by Crippen LogP contribution is 2.37. The highest BCUT2D eigenvalue weighted by Gasteiger charge is 2.37. The third-order valence-electron chi connectivity index (χ3n) is 4.46. The van der Waals surface area contributed by atoms with Crippen molar-refractivity contribution >= 4 is 21.7 Å². The minimum atomic E-state index is -4.40. The van der Waals surface area contributed by atoms with Gasteiger partial charge in [0.25, 0.3) is 0 Å². The van der Waals surface area contributed by atoms with Gasteiger partial charge in [-0.15, -0.1) is 0 Å². The fraction of sp³-hybridized carbons (Fsp3) is 0.667. The fourth-order valence-corrected chi connectivity index (χ4v) is 3.61. The van der Waals surface area contributed by atoms with E-state index in [4.69, 9.17) is 4.74 Å². The first kappa shape index (κ1) is 17.0. The largest absolute Gasteiger partial charge is 0.419 e. The lowest BCUT2D eigenvalue weighted by Gasteiger charge is -2.40. The minimum Gasteiger partial charge on any atom is -0.379 e. The number of hydrogen-bond acceptors (Lipinski definition) is 4. The minimum absolute atomic E-state index is 0.0427. The van der Waals surface area contributed by atoms with Gasteiger partial charge in [0.2, 0.25) is 0 Å². The summed E-state index contributed by atoms with van der Waals surface area (Å²) in [4.78, 5) is 8.18. The summed E-state index contributed by atoms with van der Waals surface area (Å²) < 4.78 is 45.4. The van der Waals surface area contributed by atoms with Crippen molar-refractivity contribution in [3.8, 4) is 0 Å². The van der Waals surface area contributed by atoms with Gasteiger partial charge in [-0.2, -0.15) is 13.2 Å². The Hall–Kier alpha value is -0.860. The molecule has 0 N–H and O–H groups in total. The van der Waals surface area contributed by atoms with Crippen LogP contribution in [0.15, 0.2) is 16.7 Å². The van der Waals surface area contributed by atoms with Crippen molar-refractivity contribution in [2.75, 3.05) is 44.3 Å². The molecule has 128 valence electrons. The number of anilines is 1. The molecule has 3 heterocycles. The summed E-state index contributed by atoms with van der Waals surface area (Å²) in [5, 5.41) is 0. The lowest BCUT2D eigenvalue weighted by Crippen LogP contribution is -2.49. The van der Waals surface area contributed by atoms with Crippen molar-refractivity contribution in [2.45, 2.75) is 25.1 Å². The van der Waals surface area contributed by atoms with Crippen molar-refractivity contribution in [3.63, 3.8) is 0 Å². The van der Waals surface area contributed by atoms with Crippen LogP contribution in [0.1, 0.15) is 18.4 Å². The van der Waals surface area contributed by atoms with Gasteiger partial charge in [0.15, 0.2) is 0 Å². The topological polar surface area (TPSA) is 28.6 Å².